The molecule has 1 amide bonds. The second-order valence-corrected chi connectivity index (χ2v) is 5.65. The molecule has 1 atom stereocenters. The number of rotatable bonds is 4. The summed E-state index contributed by atoms with van der Waals surface area (Å²) < 4.78 is 13.8. The van der Waals surface area contributed by atoms with Gasteiger partial charge in [-0.3, -0.25) is 4.79 Å². The zero-order valence-corrected chi connectivity index (χ0v) is 11.4. The molecule has 0 bridgehead atoms. The van der Waals surface area contributed by atoms with Gasteiger partial charge in [0.2, 0.25) is 0 Å². The number of carbonyl (C=O) groups excluding carboxylic acids is 1. The van der Waals surface area contributed by atoms with Gasteiger partial charge in [0.15, 0.2) is 0 Å². The quantitative estimate of drug-likeness (QED) is 0.854. The molecule has 2 rings (SSSR count). The molecule has 2 aromatic rings. The predicted molar refractivity (Wildman–Crippen MR) is 74.0 cm³/mol. The summed E-state index contributed by atoms with van der Waals surface area (Å²) >= 11 is 6.97. The van der Waals surface area contributed by atoms with Crippen LogP contribution in [0.25, 0.3) is 10.1 Å². The molecule has 0 radical (unpaired) electrons. The van der Waals surface area contributed by atoms with Gasteiger partial charge in [-0.05, 0) is 29.5 Å². The molecule has 1 N–H and O–H groups in total. The third-order valence-electron chi connectivity index (χ3n) is 2.58. The maximum atomic E-state index is 13.0. The number of nitrogens with one attached hydrogen (secondary N) is 1. The van der Waals surface area contributed by atoms with Gasteiger partial charge in [-0.15, -0.1) is 22.9 Å². The van der Waals surface area contributed by atoms with Crippen LogP contribution in [0.15, 0.2) is 24.3 Å². The lowest BCUT2D eigenvalue weighted by atomic mass is 10.2. The van der Waals surface area contributed by atoms with Gasteiger partial charge in [0, 0.05) is 17.1 Å². The van der Waals surface area contributed by atoms with Crippen molar-refractivity contribution >= 4 is 38.9 Å². The molecule has 0 aliphatic heterocycles. The van der Waals surface area contributed by atoms with Crippen LogP contribution >= 0.6 is 22.9 Å². The molecule has 0 fully saturated rings. The van der Waals surface area contributed by atoms with Crippen LogP contribution in [-0.4, -0.2) is 18.3 Å². The molecule has 96 valence electrons. The van der Waals surface area contributed by atoms with E-state index < -0.39 is 0 Å². The SMILES string of the molecule is CC(CCl)CNC(=O)c1cc2ccc(F)cc2s1. The number of halogens is 2. The average molecular weight is 286 g/mol. The summed E-state index contributed by atoms with van der Waals surface area (Å²) in [5.74, 6) is 0.334. The highest BCUT2D eigenvalue weighted by Crippen LogP contribution is 2.26. The zero-order valence-electron chi connectivity index (χ0n) is 9.87. The van der Waals surface area contributed by atoms with Crippen molar-refractivity contribution in [2.45, 2.75) is 6.92 Å². The van der Waals surface area contributed by atoms with E-state index in [1.54, 1.807) is 12.1 Å². The fraction of sp³-hybridized carbons (Fsp3) is 0.308. The van der Waals surface area contributed by atoms with Crippen molar-refractivity contribution in [3.8, 4) is 0 Å². The van der Waals surface area contributed by atoms with Gasteiger partial charge in [-0.1, -0.05) is 13.0 Å². The van der Waals surface area contributed by atoms with E-state index in [1.165, 1.54) is 23.5 Å². The first-order valence-corrected chi connectivity index (χ1v) is 6.98. The van der Waals surface area contributed by atoms with Crippen LogP contribution < -0.4 is 5.32 Å². The second-order valence-electron chi connectivity index (χ2n) is 4.26. The van der Waals surface area contributed by atoms with Crippen LogP contribution in [0.4, 0.5) is 4.39 Å². The average Bonchev–Trinajstić information content (AvgIpc) is 2.78. The molecule has 0 aliphatic rings. The topological polar surface area (TPSA) is 29.1 Å². The minimum Gasteiger partial charge on any atom is -0.351 e. The first-order chi connectivity index (χ1) is 8.60. The summed E-state index contributed by atoms with van der Waals surface area (Å²) in [6.45, 7) is 2.51. The van der Waals surface area contributed by atoms with E-state index >= 15 is 0 Å². The summed E-state index contributed by atoms with van der Waals surface area (Å²) in [5, 5.41) is 3.70. The third-order valence-corrected chi connectivity index (χ3v) is 4.20. The van der Waals surface area contributed by atoms with Crippen molar-refractivity contribution in [3.05, 3.63) is 35.0 Å². The van der Waals surface area contributed by atoms with Gasteiger partial charge < -0.3 is 5.32 Å². The Morgan fingerprint density at radius 1 is 1.50 bits per heavy atom. The summed E-state index contributed by atoms with van der Waals surface area (Å²) in [6, 6.07) is 6.30. The van der Waals surface area contributed by atoms with Crippen LogP contribution in [-0.2, 0) is 0 Å². The number of thiophene rings is 1. The number of carbonyl (C=O) groups is 1. The predicted octanol–water partition coefficient (Wildman–Crippen LogP) is 3.65. The van der Waals surface area contributed by atoms with Gasteiger partial charge >= 0.3 is 0 Å². The first kappa shape index (κ1) is 13.3. The van der Waals surface area contributed by atoms with Gasteiger partial charge in [-0.2, -0.15) is 0 Å². The summed E-state index contributed by atoms with van der Waals surface area (Å²) in [7, 11) is 0. The molecule has 0 aliphatic carbocycles. The maximum Gasteiger partial charge on any atom is 0.261 e. The molecule has 18 heavy (non-hydrogen) atoms. The van der Waals surface area contributed by atoms with Crippen molar-refractivity contribution in [2.75, 3.05) is 12.4 Å². The highest BCUT2D eigenvalue weighted by Gasteiger charge is 2.11. The number of fused-ring (bicyclic) bond motifs is 1. The lowest BCUT2D eigenvalue weighted by Crippen LogP contribution is -2.28. The minimum absolute atomic E-state index is 0.131. The van der Waals surface area contributed by atoms with Crippen molar-refractivity contribution in [2.24, 2.45) is 5.92 Å². The highest BCUT2D eigenvalue weighted by atomic mass is 35.5. The number of amides is 1. The second kappa shape index (κ2) is 5.67. The van der Waals surface area contributed by atoms with Crippen LogP contribution in [0.2, 0.25) is 0 Å². The Balaban J connectivity index is 2.13. The fourth-order valence-electron chi connectivity index (χ4n) is 1.53. The number of benzene rings is 1. The van der Waals surface area contributed by atoms with Crippen LogP contribution in [0.3, 0.4) is 0 Å². The van der Waals surface area contributed by atoms with E-state index in [0.29, 0.717) is 17.3 Å². The molecule has 1 aromatic heterocycles. The molecule has 5 heteroatoms. The molecule has 1 aromatic carbocycles. The fourth-order valence-corrected chi connectivity index (χ4v) is 2.64. The van der Waals surface area contributed by atoms with Crippen LogP contribution in [0, 0.1) is 11.7 Å². The number of alkyl halides is 1. The van der Waals surface area contributed by atoms with Gasteiger partial charge in [0.25, 0.3) is 5.91 Å². The molecule has 1 heterocycles. The van der Waals surface area contributed by atoms with Gasteiger partial charge in [-0.25, -0.2) is 4.39 Å². The van der Waals surface area contributed by atoms with Crippen molar-refractivity contribution in [1.29, 1.82) is 0 Å². The molecule has 1 unspecified atom stereocenters. The lowest BCUT2D eigenvalue weighted by Gasteiger charge is -2.07. The monoisotopic (exact) mass is 285 g/mol. The number of hydrogen-bond acceptors (Lipinski definition) is 2. The summed E-state index contributed by atoms with van der Waals surface area (Å²) in [4.78, 5) is 12.5. The first-order valence-electron chi connectivity index (χ1n) is 5.63. The smallest absolute Gasteiger partial charge is 0.261 e. The van der Waals surface area contributed by atoms with Gasteiger partial charge in [0.05, 0.1) is 4.88 Å². The van der Waals surface area contributed by atoms with E-state index in [-0.39, 0.29) is 17.6 Å². The third kappa shape index (κ3) is 3.00. The molecule has 0 spiro atoms. The zero-order chi connectivity index (χ0) is 13.1. The Kier molecular flexibility index (Phi) is 4.19. The molecule has 0 saturated carbocycles. The summed E-state index contributed by atoms with van der Waals surface area (Å²) in [6.07, 6.45) is 0. The van der Waals surface area contributed by atoms with E-state index in [9.17, 15) is 9.18 Å². The van der Waals surface area contributed by atoms with Crippen LogP contribution in [0.1, 0.15) is 16.6 Å². The van der Waals surface area contributed by atoms with Crippen molar-refractivity contribution < 1.29 is 9.18 Å². The largest absolute Gasteiger partial charge is 0.351 e. The standard InChI is InChI=1S/C13H13ClFNOS/c1-8(6-14)7-16-13(17)12-4-9-2-3-10(15)5-11(9)18-12/h2-5,8H,6-7H2,1H3,(H,16,17). The highest BCUT2D eigenvalue weighted by molar-refractivity contribution is 7.20. The maximum absolute atomic E-state index is 13.0. The van der Waals surface area contributed by atoms with E-state index in [0.717, 1.165) is 10.1 Å². The Bertz CT molecular complexity index is 569. The van der Waals surface area contributed by atoms with E-state index in [4.69, 9.17) is 11.6 Å². The Morgan fingerprint density at radius 3 is 3.00 bits per heavy atom. The number of hydrogen-bond donors (Lipinski definition) is 1. The normalized spacial score (nSPS) is 12.6. The Labute approximate surface area is 114 Å². The molecule has 0 saturated heterocycles. The Morgan fingerprint density at radius 2 is 2.28 bits per heavy atom. The van der Waals surface area contributed by atoms with E-state index in [2.05, 4.69) is 5.32 Å². The van der Waals surface area contributed by atoms with Crippen molar-refractivity contribution in [1.82, 2.24) is 5.32 Å². The van der Waals surface area contributed by atoms with E-state index in [1.807, 2.05) is 6.92 Å². The lowest BCUT2D eigenvalue weighted by molar-refractivity contribution is 0.0953. The van der Waals surface area contributed by atoms with Crippen molar-refractivity contribution in [3.63, 3.8) is 0 Å². The molecular formula is C13H13ClFNOS. The summed E-state index contributed by atoms with van der Waals surface area (Å²) in [5.41, 5.74) is 0. The van der Waals surface area contributed by atoms with Gasteiger partial charge in [0.1, 0.15) is 5.82 Å². The van der Waals surface area contributed by atoms with Crippen LogP contribution in [0.5, 0.6) is 0 Å². The Hall–Kier alpha value is -1.13. The molecular weight excluding hydrogens is 273 g/mol. The minimum atomic E-state index is -0.285. The molecule has 2 nitrogen and oxygen atoms in total.